The van der Waals surface area contributed by atoms with Crippen molar-refractivity contribution in [2.75, 3.05) is 18.5 Å². The zero-order valence-corrected chi connectivity index (χ0v) is 17.1. The van der Waals surface area contributed by atoms with Gasteiger partial charge in [-0.2, -0.15) is 0 Å². The monoisotopic (exact) mass is 404 g/mol. The number of carbonyl (C=O) groups is 1. The first-order valence-electron chi connectivity index (χ1n) is 9.95. The van der Waals surface area contributed by atoms with Crippen LogP contribution >= 0.6 is 0 Å². The number of para-hydroxylation sites is 1. The van der Waals surface area contributed by atoms with E-state index >= 15 is 0 Å². The summed E-state index contributed by atoms with van der Waals surface area (Å²) in [4.78, 5) is 31.9. The highest BCUT2D eigenvalue weighted by Gasteiger charge is 2.31. The summed E-state index contributed by atoms with van der Waals surface area (Å²) < 4.78 is 5.87. The molecule has 1 saturated heterocycles. The van der Waals surface area contributed by atoms with Crippen LogP contribution in [-0.4, -0.2) is 43.9 Å². The van der Waals surface area contributed by atoms with Crippen molar-refractivity contribution in [2.45, 2.75) is 32.7 Å². The van der Waals surface area contributed by atoms with Crippen molar-refractivity contribution >= 4 is 17.5 Å². The number of anilines is 2. The van der Waals surface area contributed by atoms with Gasteiger partial charge in [0.15, 0.2) is 6.61 Å². The predicted octanol–water partition coefficient (Wildman–Crippen LogP) is 3.37. The van der Waals surface area contributed by atoms with E-state index in [4.69, 9.17) is 4.74 Å². The second-order valence-corrected chi connectivity index (χ2v) is 7.30. The van der Waals surface area contributed by atoms with Gasteiger partial charge in [0.1, 0.15) is 17.4 Å². The molecule has 154 valence electrons. The minimum atomic E-state index is -0.116. The van der Waals surface area contributed by atoms with Crippen molar-refractivity contribution in [3.8, 4) is 5.75 Å². The highest BCUT2D eigenvalue weighted by Crippen LogP contribution is 2.31. The largest absolute Gasteiger partial charge is 0.483 e. The number of rotatable bonds is 6. The van der Waals surface area contributed by atoms with Gasteiger partial charge in [0.25, 0.3) is 5.91 Å². The van der Waals surface area contributed by atoms with Crippen molar-refractivity contribution in [1.29, 1.82) is 0 Å². The van der Waals surface area contributed by atoms with Crippen LogP contribution in [0.25, 0.3) is 0 Å². The molecule has 0 saturated carbocycles. The first-order chi connectivity index (χ1) is 14.6. The Morgan fingerprint density at radius 3 is 2.70 bits per heavy atom. The Bertz CT molecular complexity index is 1010. The summed E-state index contributed by atoms with van der Waals surface area (Å²) in [5, 5.41) is 3.10. The van der Waals surface area contributed by atoms with Gasteiger partial charge >= 0.3 is 0 Å². The van der Waals surface area contributed by atoms with Gasteiger partial charge in [-0.05, 0) is 37.8 Å². The van der Waals surface area contributed by atoms with Crippen LogP contribution in [-0.2, 0) is 4.79 Å². The lowest BCUT2D eigenvalue weighted by Crippen LogP contribution is -2.35. The van der Waals surface area contributed by atoms with Gasteiger partial charge in [0.2, 0.25) is 0 Å². The van der Waals surface area contributed by atoms with E-state index in [9.17, 15) is 4.79 Å². The second kappa shape index (κ2) is 8.86. The first kappa shape index (κ1) is 19.8. The highest BCUT2D eigenvalue weighted by atomic mass is 16.5. The number of aromatic nitrogens is 4. The number of hydrogen-bond donors (Lipinski definition) is 1. The summed E-state index contributed by atoms with van der Waals surface area (Å²) >= 11 is 0. The van der Waals surface area contributed by atoms with E-state index in [0.29, 0.717) is 18.2 Å². The predicted molar refractivity (Wildman–Crippen MR) is 112 cm³/mol. The van der Waals surface area contributed by atoms with Crippen molar-refractivity contribution in [3.05, 3.63) is 66.0 Å². The summed E-state index contributed by atoms with van der Waals surface area (Å²) in [6, 6.07) is 5.83. The molecule has 30 heavy (non-hydrogen) atoms. The van der Waals surface area contributed by atoms with Crippen LogP contribution in [0.1, 0.15) is 35.7 Å². The Balaban J connectivity index is 1.45. The van der Waals surface area contributed by atoms with E-state index in [0.717, 1.165) is 35.4 Å². The summed E-state index contributed by atoms with van der Waals surface area (Å²) in [6.07, 6.45) is 9.93. The molecule has 1 N–H and O–H groups in total. The molecule has 1 fully saturated rings. The van der Waals surface area contributed by atoms with Crippen molar-refractivity contribution in [1.82, 2.24) is 24.8 Å². The third-order valence-corrected chi connectivity index (χ3v) is 5.14. The number of nitrogens with zero attached hydrogens (tertiary/aromatic N) is 5. The number of hydrogen-bond acceptors (Lipinski definition) is 7. The highest BCUT2D eigenvalue weighted by molar-refractivity contribution is 5.78. The summed E-state index contributed by atoms with van der Waals surface area (Å²) in [5.74, 6) is 1.88. The molecule has 4 rings (SSSR count). The molecule has 0 spiro atoms. The van der Waals surface area contributed by atoms with Crippen LogP contribution in [0.2, 0.25) is 0 Å². The van der Waals surface area contributed by atoms with E-state index in [-0.39, 0.29) is 18.6 Å². The molecule has 1 atom stereocenters. The second-order valence-electron chi connectivity index (χ2n) is 7.30. The number of nitrogens with one attached hydrogen (secondary N) is 1. The molecule has 3 heterocycles. The summed E-state index contributed by atoms with van der Waals surface area (Å²) in [5.41, 5.74) is 2.80. The van der Waals surface area contributed by atoms with Gasteiger partial charge in [-0.1, -0.05) is 18.2 Å². The van der Waals surface area contributed by atoms with Crippen LogP contribution in [0.15, 0.2) is 49.2 Å². The molecular weight excluding hydrogens is 380 g/mol. The van der Waals surface area contributed by atoms with Gasteiger partial charge in [-0.3, -0.25) is 14.8 Å². The Kier molecular flexibility index (Phi) is 5.83. The van der Waals surface area contributed by atoms with Gasteiger partial charge in [0, 0.05) is 18.9 Å². The minimum absolute atomic E-state index is 0.00711. The maximum Gasteiger partial charge on any atom is 0.261 e. The maximum atomic E-state index is 12.9. The molecule has 1 aromatic carbocycles. The van der Waals surface area contributed by atoms with Gasteiger partial charge < -0.3 is 15.0 Å². The fourth-order valence-corrected chi connectivity index (χ4v) is 3.71. The average molecular weight is 404 g/mol. The normalized spacial score (nSPS) is 15.8. The Labute approximate surface area is 175 Å². The Morgan fingerprint density at radius 1 is 1.13 bits per heavy atom. The van der Waals surface area contributed by atoms with Crippen LogP contribution in [0, 0.1) is 13.8 Å². The third kappa shape index (κ3) is 4.37. The average Bonchev–Trinajstić information content (AvgIpc) is 3.24. The standard InChI is InChI=1S/C22H24N6O2/c1-15-5-3-6-16(2)22(15)30-14-21(29)28-10-4-7-18(28)17-11-24-13-20(26-17)27-19-12-23-8-9-25-19/h3,5-6,8-9,11-13,18H,4,7,10,14H2,1-2H3,(H,25,26,27)/t18-/m0/s1. The Hall–Kier alpha value is -3.55. The van der Waals surface area contributed by atoms with E-state index < -0.39 is 0 Å². The van der Waals surface area contributed by atoms with Crippen LogP contribution in [0.3, 0.4) is 0 Å². The van der Waals surface area contributed by atoms with Gasteiger partial charge in [0.05, 0.1) is 30.3 Å². The zero-order valence-electron chi connectivity index (χ0n) is 17.1. The fourth-order valence-electron chi connectivity index (χ4n) is 3.71. The topological polar surface area (TPSA) is 93.1 Å². The lowest BCUT2D eigenvalue weighted by Gasteiger charge is -2.25. The maximum absolute atomic E-state index is 12.9. The zero-order chi connectivity index (χ0) is 20.9. The summed E-state index contributed by atoms with van der Waals surface area (Å²) in [6.45, 7) is 4.66. The van der Waals surface area contributed by atoms with Crippen molar-refractivity contribution in [2.24, 2.45) is 0 Å². The molecule has 8 nitrogen and oxygen atoms in total. The Morgan fingerprint density at radius 2 is 1.93 bits per heavy atom. The molecule has 8 heteroatoms. The SMILES string of the molecule is Cc1cccc(C)c1OCC(=O)N1CCC[C@H]1c1cncc(Nc2cnccn2)n1. The smallest absolute Gasteiger partial charge is 0.261 e. The van der Waals surface area contributed by atoms with Gasteiger partial charge in [-0.15, -0.1) is 0 Å². The number of carbonyl (C=O) groups excluding carboxylic acids is 1. The summed E-state index contributed by atoms with van der Waals surface area (Å²) in [7, 11) is 0. The molecule has 2 aromatic heterocycles. The van der Waals surface area contributed by atoms with E-state index in [1.54, 1.807) is 31.0 Å². The number of ether oxygens (including phenoxy) is 1. The minimum Gasteiger partial charge on any atom is -0.483 e. The van der Waals surface area contributed by atoms with Crippen LogP contribution < -0.4 is 10.1 Å². The molecule has 1 aliphatic heterocycles. The van der Waals surface area contributed by atoms with E-state index in [1.807, 2.05) is 36.9 Å². The van der Waals surface area contributed by atoms with E-state index in [1.165, 1.54) is 0 Å². The molecule has 0 unspecified atom stereocenters. The fraction of sp³-hybridized carbons (Fsp3) is 0.318. The lowest BCUT2D eigenvalue weighted by atomic mass is 10.1. The van der Waals surface area contributed by atoms with Crippen LogP contribution in [0.5, 0.6) is 5.75 Å². The molecule has 0 bridgehead atoms. The quantitative estimate of drug-likeness (QED) is 0.673. The lowest BCUT2D eigenvalue weighted by molar-refractivity contribution is -0.134. The molecule has 1 aliphatic rings. The van der Waals surface area contributed by atoms with Crippen LogP contribution in [0.4, 0.5) is 11.6 Å². The van der Waals surface area contributed by atoms with Gasteiger partial charge in [-0.25, -0.2) is 9.97 Å². The van der Waals surface area contributed by atoms with Crippen molar-refractivity contribution < 1.29 is 9.53 Å². The molecule has 3 aromatic rings. The molecular formula is C22H24N6O2. The molecule has 1 amide bonds. The molecule has 0 aliphatic carbocycles. The number of aryl methyl sites for hydroxylation is 2. The number of benzene rings is 1. The van der Waals surface area contributed by atoms with E-state index in [2.05, 4.69) is 25.3 Å². The van der Waals surface area contributed by atoms with Crippen molar-refractivity contribution in [3.63, 3.8) is 0 Å². The molecule has 0 radical (unpaired) electrons. The number of likely N-dealkylation sites (tertiary alicyclic amines) is 1. The first-order valence-corrected chi connectivity index (χ1v) is 9.95. The third-order valence-electron chi connectivity index (χ3n) is 5.14. The number of amides is 1.